The fourth-order valence-electron chi connectivity index (χ4n) is 1.28. The molecule has 0 fully saturated rings. The number of hydrogen-bond acceptors (Lipinski definition) is 2. The zero-order chi connectivity index (χ0) is 10.1. The summed E-state index contributed by atoms with van der Waals surface area (Å²) in [6, 6.07) is 3.89. The van der Waals surface area contributed by atoms with Gasteiger partial charge >= 0.3 is 0 Å². The van der Waals surface area contributed by atoms with E-state index in [1.807, 2.05) is 28.9 Å². The van der Waals surface area contributed by atoms with E-state index >= 15 is 0 Å². The maximum absolute atomic E-state index is 5.45. The predicted octanol–water partition coefficient (Wildman–Crippen LogP) is 1.93. The van der Waals surface area contributed by atoms with E-state index in [0.29, 0.717) is 11.4 Å². The first-order chi connectivity index (χ1) is 6.65. The molecule has 14 heavy (non-hydrogen) atoms. The van der Waals surface area contributed by atoms with Gasteiger partial charge in [0.15, 0.2) is 0 Å². The van der Waals surface area contributed by atoms with Crippen LogP contribution in [0.4, 0.5) is 0 Å². The summed E-state index contributed by atoms with van der Waals surface area (Å²) in [4.78, 5) is 4.83. The van der Waals surface area contributed by atoms with E-state index < -0.39 is 0 Å². The van der Waals surface area contributed by atoms with Crippen molar-refractivity contribution in [1.29, 1.82) is 0 Å². The summed E-state index contributed by atoms with van der Waals surface area (Å²) < 4.78 is 2.96. The van der Waals surface area contributed by atoms with Crippen LogP contribution in [0.25, 0.3) is 5.65 Å². The van der Waals surface area contributed by atoms with Crippen molar-refractivity contribution in [3.8, 4) is 0 Å². The van der Waals surface area contributed by atoms with Gasteiger partial charge < -0.3 is 10.1 Å². The molecule has 0 aliphatic carbocycles. The largest absolute Gasteiger partial charge is 0.393 e. The van der Waals surface area contributed by atoms with Crippen molar-refractivity contribution in [2.45, 2.75) is 6.42 Å². The first kappa shape index (κ1) is 9.61. The van der Waals surface area contributed by atoms with Crippen LogP contribution in [0, 0.1) is 0 Å². The summed E-state index contributed by atoms with van der Waals surface area (Å²) in [5, 5.41) is 0. The molecule has 2 heterocycles. The first-order valence-electron chi connectivity index (χ1n) is 4.06. The number of imidazole rings is 1. The number of nitrogens with two attached hydrogens (primary N) is 1. The van der Waals surface area contributed by atoms with Crippen molar-refractivity contribution in [2.24, 2.45) is 5.73 Å². The molecule has 0 aliphatic heterocycles. The van der Waals surface area contributed by atoms with Crippen LogP contribution in [-0.4, -0.2) is 14.4 Å². The maximum atomic E-state index is 5.45. The quantitative estimate of drug-likeness (QED) is 0.848. The zero-order valence-corrected chi connectivity index (χ0v) is 9.68. The van der Waals surface area contributed by atoms with E-state index in [0.717, 1.165) is 15.8 Å². The lowest BCUT2D eigenvalue weighted by Gasteiger charge is -1.91. The van der Waals surface area contributed by atoms with Gasteiger partial charge in [0.1, 0.15) is 5.65 Å². The third kappa shape index (κ3) is 1.93. The minimum absolute atomic E-state index is 0.465. The van der Waals surface area contributed by atoms with Gasteiger partial charge in [-0.25, -0.2) is 4.98 Å². The Hall–Kier alpha value is -0.940. The highest BCUT2D eigenvalue weighted by Crippen LogP contribution is 2.12. The molecule has 0 radical (unpaired) electrons. The average molecular weight is 270 g/mol. The molecule has 0 saturated carbocycles. The van der Waals surface area contributed by atoms with Gasteiger partial charge in [-0.05, 0) is 28.1 Å². The molecule has 72 valence electrons. The summed E-state index contributed by atoms with van der Waals surface area (Å²) in [5.41, 5.74) is 7.25. The number of hydrogen-bond donors (Lipinski definition) is 1. The second-order valence-electron chi connectivity index (χ2n) is 2.99. The van der Waals surface area contributed by atoms with Crippen LogP contribution < -0.4 is 5.73 Å². The van der Waals surface area contributed by atoms with Gasteiger partial charge in [-0.3, -0.25) is 0 Å². The van der Waals surface area contributed by atoms with Crippen LogP contribution in [0.2, 0.25) is 0 Å². The van der Waals surface area contributed by atoms with Gasteiger partial charge in [-0.15, -0.1) is 0 Å². The summed E-state index contributed by atoms with van der Waals surface area (Å²) in [6.07, 6.45) is 4.43. The van der Waals surface area contributed by atoms with E-state index in [2.05, 4.69) is 20.9 Å². The van der Waals surface area contributed by atoms with Crippen LogP contribution in [0.15, 0.2) is 29.0 Å². The van der Waals surface area contributed by atoms with Crippen molar-refractivity contribution in [2.75, 3.05) is 0 Å². The number of halogens is 1. The van der Waals surface area contributed by atoms with Gasteiger partial charge in [-0.1, -0.05) is 12.2 Å². The van der Waals surface area contributed by atoms with E-state index in [1.165, 1.54) is 0 Å². The molecule has 5 heteroatoms. The fourth-order valence-corrected chi connectivity index (χ4v) is 1.78. The molecule has 0 amide bonds. The Bertz CT molecular complexity index is 492. The zero-order valence-electron chi connectivity index (χ0n) is 7.27. The standard InChI is InChI=1S/C9H8BrN3S/c10-6-1-2-9-12-7(3-8(11)14)5-13(9)4-6/h1-2,4-5H,3H2,(H2,11,14). The predicted molar refractivity (Wildman–Crippen MR) is 63.4 cm³/mol. The van der Waals surface area contributed by atoms with E-state index in [1.54, 1.807) is 0 Å². The summed E-state index contributed by atoms with van der Waals surface area (Å²) in [5.74, 6) is 0. The smallest absolute Gasteiger partial charge is 0.137 e. The highest BCUT2D eigenvalue weighted by Gasteiger charge is 2.02. The van der Waals surface area contributed by atoms with Crippen LogP contribution in [-0.2, 0) is 6.42 Å². The average Bonchev–Trinajstić information content (AvgIpc) is 2.44. The lowest BCUT2D eigenvalue weighted by molar-refractivity contribution is 1.17. The van der Waals surface area contributed by atoms with Gasteiger partial charge in [0.25, 0.3) is 0 Å². The van der Waals surface area contributed by atoms with Gasteiger partial charge in [0.2, 0.25) is 0 Å². The third-order valence-corrected chi connectivity index (χ3v) is 2.43. The molecule has 0 unspecified atom stereocenters. The van der Waals surface area contributed by atoms with Crippen molar-refractivity contribution in [3.05, 3.63) is 34.7 Å². The second kappa shape index (κ2) is 3.67. The van der Waals surface area contributed by atoms with Gasteiger partial charge in [0, 0.05) is 23.3 Å². The topological polar surface area (TPSA) is 43.3 Å². The van der Waals surface area contributed by atoms with Crippen molar-refractivity contribution in [3.63, 3.8) is 0 Å². The molecule has 0 saturated heterocycles. The Morgan fingerprint density at radius 2 is 2.29 bits per heavy atom. The number of nitrogens with zero attached hydrogens (tertiary/aromatic N) is 2. The van der Waals surface area contributed by atoms with Crippen LogP contribution in [0.5, 0.6) is 0 Å². The van der Waals surface area contributed by atoms with Gasteiger partial charge in [-0.2, -0.15) is 0 Å². The molecule has 0 aliphatic rings. The number of fused-ring (bicyclic) bond motifs is 1. The number of thiocarbonyl (C=S) groups is 1. The lowest BCUT2D eigenvalue weighted by Crippen LogP contribution is -2.11. The third-order valence-electron chi connectivity index (χ3n) is 1.82. The molecule has 3 nitrogen and oxygen atoms in total. The minimum Gasteiger partial charge on any atom is -0.393 e. The molecule has 2 aromatic rings. The lowest BCUT2D eigenvalue weighted by atomic mass is 10.3. The molecule has 2 aromatic heterocycles. The number of rotatable bonds is 2. The Labute approximate surface area is 95.1 Å². The summed E-state index contributed by atoms with van der Waals surface area (Å²) in [6.45, 7) is 0. The fraction of sp³-hybridized carbons (Fsp3) is 0.111. The van der Waals surface area contributed by atoms with Crippen molar-refractivity contribution >= 4 is 38.8 Å². The minimum atomic E-state index is 0.465. The number of aromatic nitrogens is 2. The Morgan fingerprint density at radius 3 is 3.00 bits per heavy atom. The van der Waals surface area contributed by atoms with Crippen molar-refractivity contribution < 1.29 is 0 Å². The Morgan fingerprint density at radius 1 is 1.50 bits per heavy atom. The molecule has 2 N–H and O–H groups in total. The van der Waals surface area contributed by atoms with Gasteiger partial charge in [0.05, 0.1) is 10.7 Å². The Balaban J connectivity index is 2.46. The Kier molecular flexibility index (Phi) is 2.52. The van der Waals surface area contributed by atoms with E-state index in [9.17, 15) is 0 Å². The molecule has 2 rings (SSSR count). The first-order valence-corrected chi connectivity index (χ1v) is 5.27. The summed E-state index contributed by atoms with van der Waals surface area (Å²) >= 11 is 8.22. The molecule has 0 bridgehead atoms. The molecular weight excluding hydrogens is 262 g/mol. The second-order valence-corrected chi connectivity index (χ2v) is 4.43. The monoisotopic (exact) mass is 269 g/mol. The highest BCUT2D eigenvalue weighted by atomic mass is 79.9. The molecule has 0 aromatic carbocycles. The van der Waals surface area contributed by atoms with Crippen LogP contribution >= 0.6 is 28.1 Å². The van der Waals surface area contributed by atoms with E-state index in [4.69, 9.17) is 18.0 Å². The molecule has 0 spiro atoms. The maximum Gasteiger partial charge on any atom is 0.137 e. The van der Waals surface area contributed by atoms with E-state index in [-0.39, 0.29) is 0 Å². The molecule has 0 atom stereocenters. The molecular formula is C9H8BrN3S. The summed E-state index contributed by atoms with van der Waals surface area (Å²) in [7, 11) is 0. The van der Waals surface area contributed by atoms with Crippen LogP contribution in [0.3, 0.4) is 0 Å². The van der Waals surface area contributed by atoms with Crippen molar-refractivity contribution in [1.82, 2.24) is 9.38 Å². The number of pyridine rings is 1. The normalized spacial score (nSPS) is 10.6. The van der Waals surface area contributed by atoms with Crippen LogP contribution in [0.1, 0.15) is 5.69 Å². The highest BCUT2D eigenvalue weighted by molar-refractivity contribution is 9.10. The SMILES string of the molecule is NC(=S)Cc1cn2cc(Br)ccc2n1.